The molecule has 1 N–H and O–H groups in total. The van der Waals surface area contributed by atoms with Gasteiger partial charge in [0.05, 0.1) is 6.04 Å². The van der Waals surface area contributed by atoms with Crippen LogP contribution in [-0.4, -0.2) is 29.7 Å². The van der Waals surface area contributed by atoms with Crippen LogP contribution < -0.4 is 5.32 Å². The molecule has 1 heterocycles. The topological polar surface area (TPSA) is 44.7 Å². The van der Waals surface area contributed by atoms with E-state index >= 15 is 0 Å². The average Bonchev–Trinajstić information content (AvgIpc) is 3.04. The molecule has 0 saturated carbocycles. The molecule has 1 amide bonds. The minimum atomic E-state index is 0.00465. The van der Waals surface area contributed by atoms with Gasteiger partial charge in [-0.05, 0) is 18.4 Å². The molecule has 132 valence electrons. The van der Waals surface area contributed by atoms with Crippen LogP contribution in [0.1, 0.15) is 70.4 Å². The van der Waals surface area contributed by atoms with Crippen molar-refractivity contribution in [1.29, 1.82) is 0 Å². The number of hydrazone groups is 1. The molecule has 1 aromatic carbocycles. The van der Waals surface area contributed by atoms with E-state index in [9.17, 15) is 4.79 Å². The molecule has 1 aliphatic rings. The van der Waals surface area contributed by atoms with Crippen molar-refractivity contribution in [2.45, 2.75) is 64.8 Å². The van der Waals surface area contributed by atoms with Crippen molar-refractivity contribution in [3.63, 3.8) is 0 Å². The molecule has 1 atom stereocenters. The zero-order valence-corrected chi connectivity index (χ0v) is 15.1. The van der Waals surface area contributed by atoms with Gasteiger partial charge in [0.15, 0.2) is 0 Å². The molecule has 24 heavy (non-hydrogen) atoms. The van der Waals surface area contributed by atoms with Crippen molar-refractivity contribution in [2.24, 2.45) is 5.10 Å². The first kappa shape index (κ1) is 18.5. The van der Waals surface area contributed by atoms with Crippen molar-refractivity contribution in [3.8, 4) is 0 Å². The monoisotopic (exact) mass is 329 g/mol. The first-order valence-corrected chi connectivity index (χ1v) is 9.43. The highest BCUT2D eigenvalue weighted by Crippen LogP contribution is 2.30. The summed E-state index contributed by atoms with van der Waals surface area (Å²) in [6, 6.07) is 10.6. The average molecular weight is 329 g/mol. The Labute approximate surface area is 146 Å². The van der Waals surface area contributed by atoms with Crippen molar-refractivity contribution < 1.29 is 4.79 Å². The van der Waals surface area contributed by atoms with Crippen LogP contribution >= 0.6 is 0 Å². The van der Waals surface area contributed by atoms with E-state index in [1.54, 1.807) is 0 Å². The van der Waals surface area contributed by atoms with Gasteiger partial charge in [-0.3, -0.25) is 9.80 Å². The third-order valence-electron chi connectivity index (χ3n) is 4.50. The normalized spacial score (nSPS) is 17.0. The summed E-state index contributed by atoms with van der Waals surface area (Å²) in [7, 11) is 0. The number of nitrogens with one attached hydrogen (secondary N) is 1. The van der Waals surface area contributed by atoms with E-state index in [2.05, 4.69) is 53.5 Å². The molecule has 0 fully saturated rings. The van der Waals surface area contributed by atoms with E-state index in [4.69, 9.17) is 0 Å². The van der Waals surface area contributed by atoms with Crippen LogP contribution in [-0.2, 0) is 4.79 Å². The summed E-state index contributed by atoms with van der Waals surface area (Å²) < 4.78 is 0. The van der Waals surface area contributed by atoms with Crippen LogP contribution in [0.3, 0.4) is 0 Å². The molecule has 1 aliphatic heterocycles. The van der Waals surface area contributed by atoms with Crippen LogP contribution in [0.5, 0.6) is 0 Å². The summed E-state index contributed by atoms with van der Waals surface area (Å²) in [5.74, 6) is 0.00465. The Hall–Kier alpha value is -1.84. The lowest BCUT2D eigenvalue weighted by Gasteiger charge is -2.23. The first-order valence-electron chi connectivity index (χ1n) is 9.43. The maximum atomic E-state index is 12.4. The summed E-state index contributed by atoms with van der Waals surface area (Å²) in [6.07, 6.45) is 7.58. The highest BCUT2D eigenvalue weighted by molar-refractivity contribution is 6.39. The second kappa shape index (κ2) is 10.1. The van der Waals surface area contributed by atoms with E-state index in [0.717, 1.165) is 38.8 Å². The van der Waals surface area contributed by atoms with Gasteiger partial charge in [-0.1, -0.05) is 69.9 Å². The predicted molar refractivity (Wildman–Crippen MR) is 100 cm³/mol. The number of carbonyl (C=O) groups excluding carboxylic acids is 1. The van der Waals surface area contributed by atoms with Crippen molar-refractivity contribution >= 4 is 11.6 Å². The maximum Gasteiger partial charge on any atom is 0.267 e. The van der Waals surface area contributed by atoms with Crippen molar-refractivity contribution in [3.05, 3.63) is 35.9 Å². The van der Waals surface area contributed by atoms with Gasteiger partial charge in [-0.15, -0.1) is 0 Å². The zero-order chi connectivity index (χ0) is 17.2. The SMILES string of the molecule is CCCCCNC(=O)C1=NN(CCCCC)C(c2ccccc2)C1. The van der Waals surface area contributed by atoms with E-state index in [1.807, 2.05) is 6.07 Å². The smallest absolute Gasteiger partial charge is 0.267 e. The second-order valence-corrected chi connectivity index (χ2v) is 6.51. The molecule has 0 aromatic heterocycles. The fourth-order valence-electron chi connectivity index (χ4n) is 3.07. The lowest BCUT2D eigenvalue weighted by Crippen LogP contribution is -2.31. The molecular weight excluding hydrogens is 298 g/mol. The van der Waals surface area contributed by atoms with Gasteiger partial charge in [0.25, 0.3) is 5.91 Å². The van der Waals surface area contributed by atoms with Crippen LogP contribution in [0.4, 0.5) is 0 Å². The number of rotatable bonds is 10. The molecule has 0 radical (unpaired) electrons. The van der Waals surface area contributed by atoms with Crippen molar-refractivity contribution in [2.75, 3.05) is 13.1 Å². The lowest BCUT2D eigenvalue weighted by atomic mass is 10.0. The summed E-state index contributed by atoms with van der Waals surface area (Å²) >= 11 is 0. The number of benzene rings is 1. The number of amides is 1. The molecule has 0 spiro atoms. The summed E-state index contributed by atoms with van der Waals surface area (Å²) in [5.41, 5.74) is 1.92. The van der Waals surface area contributed by atoms with E-state index in [1.165, 1.54) is 18.4 Å². The Morgan fingerprint density at radius 2 is 1.83 bits per heavy atom. The Bertz CT molecular complexity index is 527. The maximum absolute atomic E-state index is 12.4. The van der Waals surface area contributed by atoms with Gasteiger partial charge in [-0.25, -0.2) is 0 Å². The van der Waals surface area contributed by atoms with Crippen LogP contribution in [0, 0.1) is 0 Å². The third-order valence-corrected chi connectivity index (χ3v) is 4.50. The number of hydrogen-bond acceptors (Lipinski definition) is 3. The van der Waals surface area contributed by atoms with Crippen LogP contribution in [0.2, 0.25) is 0 Å². The fraction of sp³-hybridized carbons (Fsp3) is 0.600. The van der Waals surface area contributed by atoms with Crippen LogP contribution in [0.15, 0.2) is 35.4 Å². The third kappa shape index (κ3) is 5.36. The Morgan fingerprint density at radius 3 is 2.54 bits per heavy atom. The van der Waals surface area contributed by atoms with E-state index < -0.39 is 0 Å². The number of hydrogen-bond donors (Lipinski definition) is 1. The Morgan fingerprint density at radius 1 is 1.12 bits per heavy atom. The molecule has 2 rings (SSSR count). The standard InChI is InChI=1S/C20H31N3O/c1-3-5-10-14-21-20(24)18-16-19(17-12-8-7-9-13-17)23(22-18)15-11-6-4-2/h7-9,12-13,19H,3-6,10-11,14-16H2,1-2H3,(H,21,24). The molecule has 4 nitrogen and oxygen atoms in total. The molecule has 4 heteroatoms. The highest BCUT2D eigenvalue weighted by atomic mass is 16.2. The number of unbranched alkanes of at least 4 members (excludes halogenated alkanes) is 4. The van der Waals surface area contributed by atoms with Gasteiger partial charge in [0.2, 0.25) is 0 Å². The second-order valence-electron chi connectivity index (χ2n) is 6.51. The molecule has 0 aliphatic carbocycles. The lowest BCUT2D eigenvalue weighted by molar-refractivity contribution is -0.114. The molecule has 0 bridgehead atoms. The largest absolute Gasteiger partial charge is 0.351 e. The summed E-state index contributed by atoms with van der Waals surface area (Å²) in [6.45, 7) is 6.04. The van der Waals surface area contributed by atoms with Crippen LogP contribution in [0.25, 0.3) is 0 Å². The fourth-order valence-corrected chi connectivity index (χ4v) is 3.07. The molecule has 1 unspecified atom stereocenters. The summed E-state index contributed by atoms with van der Waals surface area (Å²) in [5, 5.41) is 9.79. The predicted octanol–water partition coefficient (Wildman–Crippen LogP) is 4.29. The molecule has 1 aromatic rings. The quantitative estimate of drug-likeness (QED) is 0.651. The van der Waals surface area contributed by atoms with Crippen molar-refractivity contribution in [1.82, 2.24) is 10.3 Å². The molecule has 0 saturated heterocycles. The van der Waals surface area contributed by atoms with Gasteiger partial charge >= 0.3 is 0 Å². The van der Waals surface area contributed by atoms with Gasteiger partial charge in [0.1, 0.15) is 5.71 Å². The van der Waals surface area contributed by atoms with E-state index in [0.29, 0.717) is 12.1 Å². The van der Waals surface area contributed by atoms with Gasteiger partial charge in [-0.2, -0.15) is 5.10 Å². The highest BCUT2D eigenvalue weighted by Gasteiger charge is 2.30. The van der Waals surface area contributed by atoms with Gasteiger partial charge < -0.3 is 5.32 Å². The minimum Gasteiger partial charge on any atom is -0.351 e. The minimum absolute atomic E-state index is 0.00465. The van der Waals surface area contributed by atoms with Gasteiger partial charge in [0, 0.05) is 19.5 Å². The summed E-state index contributed by atoms with van der Waals surface area (Å²) in [4.78, 5) is 12.4. The van der Waals surface area contributed by atoms with E-state index in [-0.39, 0.29) is 11.9 Å². The first-order chi connectivity index (χ1) is 11.8. The zero-order valence-electron chi connectivity index (χ0n) is 15.1. The Balaban J connectivity index is 1.98. The Kier molecular flexibility index (Phi) is 7.80. The molecular formula is C20H31N3O. The number of carbonyl (C=O) groups is 1. The number of nitrogens with zero attached hydrogens (tertiary/aromatic N) is 2.